The van der Waals surface area contributed by atoms with E-state index >= 15 is 0 Å². The van der Waals surface area contributed by atoms with Crippen molar-refractivity contribution in [3.8, 4) is 0 Å². The van der Waals surface area contributed by atoms with Crippen molar-refractivity contribution in [3.63, 3.8) is 0 Å². The van der Waals surface area contributed by atoms with E-state index in [1.165, 1.54) is 18.2 Å². The number of aliphatic carboxylic acids is 1. The highest BCUT2D eigenvalue weighted by Crippen LogP contribution is 2.45. The van der Waals surface area contributed by atoms with Gasteiger partial charge in [-0.1, -0.05) is 29.3 Å². The van der Waals surface area contributed by atoms with Crippen LogP contribution in [0.25, 0.3) is 0 Å². The molecule has 1 aromatic rings. The lowest BCUT2D eigenvalue weighted by atomic mass is 9.86. The Morgan fingerprint density at radius 2 is 1.91 bits per heavy atom. The summed E-state index contributed by atoms with van der Waals surface area (Å²) >= 11 is 11.6. The number of carboxylic acid groups (broad SMARTS) is 1. The fraction of sp³-hybridized carbons (Fsp3) is 0.429. The summed E-state index contributed by atoms with van der Waals surface area (Å²) in [5.41, 5.74) is -2.41. The highest BCUT2D eigenvalue weighted by atomic mass is 35.5. The van der Waals surface area contributed by atoms with E-state index in [1.54, 1.807) is 0 Å². The van der Waals surface area contributed by atoms with Crippen molar-refractivity contribution in [1.29, 1.82) is 0 Å². The minimum absolute atomic E-state index is 0.176. The van der Waals surface area contributed by atoms with Crippen LogP contribution in [-0.4, -0.2) is 41.1 Å². The summed E-state index contributed by atoms with van der Waals surface area (Å²) < 4.78 is 39.2. The first-order chi connectivity index (χ1) is 10.6. The van der Waals surface area contributed by atoms with Crippen LogP contribution in [0.1, 0.15) is 12.0 Å². The molecule has 2 rings (SSSR count). The maximum absolute atomic E-state index is 13.1. The number of carboxylic acids is 1. The summed E-state index contributed by atoms with van der Waals surface area (Å²) in [6.07, 6.45) is -5.75. The number of carbonyl (C=O) groups excluding carboxylic acids is 1. The molecule has 0 radical (unpaired) electrons. The second kappa shape index (κ2) is 6.20. The Morgan fingerprint density at radius 3 is 2.39 bits per heavy atom. The Balaban J connectivity index is 2.13. The molecule has 1 atom stereocenters. The molecule has 1 amide bonds. The molecular formula is C14H12Cl2F3NO3. The standard InChI is InChI=1S/C14H12Cl2F3NO3/c15-9-2-1-8(5-10(9)16)6-11(21)20-4-3-13(7-20,12(22)23)14(17,18)19/h1-2,5H,3-4,6-7H2,(H,22,23). The first kappa shape index (κ1) is 17.9. The molecule has 1 heterocycles. The average Bonchev–Trinajstić information content (AvgIpc) is 2.89. The summed E-state index contributed by atoms with van der Waals surface area (Å²) in [5, 5.41) is 9.49. The molecule has 1 aliphatic heterocycles. The molecule has 23 heavy (non-hydrogen) atoms. The van der Waals surface area contributed by atoms with Gasteiger partial charge >= 0.3 is 12.1 Å². The molecule has 0 bridgehead atoms. The van der Waals surface area contributed by atoms with Crippen LogP contribution >= 0.6 is 23.2 Å². The summed E-state index contributed by atoms with van der Waals surface area (Å²) in [7, 11) is 0. The van der Waals surface area contributed by atoms with Crippen molar-refractivity contribution in [1.82, 2.24) is 4.90 Å². The molecule has 0 aliphatic carbocycles. The molecule has 1 fully saturated rings. The molecule has 1 unspecified atom stereocenters. The van der Waals surface area contributed by atoms with Crippen molar-refractivity contribution in [2.75, 3.05) is 13.1 Å². The monoisotopic (exact) mass is 369 g/mol. The van der Waals surface area contributed by atoms with E-state index in [2.05, 4.69) is 0 Å². The molecule has 0 spiro atoms. The first-order valence-electron chi connectivity index (χ1n) is 6.59. The average molecular weight is 370 g/mol. The van der Waals surface area contributed by atoms with Gasteiger partial charge in [-0.25, -0.2) is 0 Å². The summed E-state index contributed by atoms with van der Waals surface area (Å²) in [4.78, 5) is 24.1. The highest BCUT2D eigenvalue weighted by Gasteiger charge is 2.64. The van der Waals surface area contributed by atoms with Crippen LogP contribution in [0.2, 0.25) is 10.0 Å². The van der Waals surface area contributed by atoms with Gasteiger partial charge in [0.15, 0.2) is 5.41 Å². The number of nitrogens with zero attached hydrogens (tertiary/aromatic N) is 1. The van der Waals surface area contributed by atoms with Gasteiger partial charge in [0.1, 0.15) is 0 Å². The Labute approximate surface area is 139 Å². The fourth-order valence-corrected chi connectivity index (χ4v) is 2.81. The second-order valence-electron chi connectivity index (χ2n) is 5.38. The minimum Gasteiger partial charge on any atom is -0.481 e. The number of likely N-dealkylation sites (tertiary alicyclic amines) is 1. The molecule has 0 aromatic heterocycles. The normalized spacial score (nSPS) is 21.5. The third-order valence-electron chi connectivity index (χ3n) is 3.91. The lowest BCUT2D eigenvalue weighted by molar-refractivity contribution is -0.227. The molecule has 0 saturated carbocycles. The zero-order valence-corrected chi connectivity index (χ0v) is 13.2. The number of carbonyl (C=O) groups is 2. The smallest absolute Gasteiger partial charge is 0.406 e. The van der Waals surface area contributed by atoms with E-state index in [4.69, 9.17) is 28.3 Å². The molecule has 4 nitrogen and oxygen atoms in total. The predicted octanol–water partition coefficient (Wildman–Crippen LogP) is 3.40. The van der Waals surface area contributed by atoms with Gasteiger partial charge in [0.05, 0.1) is 16.5 Å². The zero-order valence-electron chi connectivity index (χ0n) is 11.7. The first-order valence-corrected chi connectivity index (χ1v) is 7.34. The van der Waals surface area contributed by atoms with E-state index in [1.807, 2.05) is 0 Å². The lowest BCUT2D eigenvalue weighted by Gasteiger charge is -2.27. The van der Waals surface area contributed by atoms with Crippen LogP contribution in [0, 0.1) is 5.41 Å². The van der Waals surface area contributed by atoms with Crippen molar-refractivity contribution < 1.29 is 27.9 Å². The molecule has 1 saturated heterocycles. The van der Waals surface area contributed by atoms with Crippen LogP contribution in [0.4, 0.5) is 13.2 Å². The zero-order chi connectivity index (χ0) is 17.4. The van der Waals surface area contributed by atoms with Crippen LogP contribution < -0.4 is 0 Å². The van der Waals surface area contributed by atoms with Crippen LogP contribution in [0.15, 0.2) is 18.2 Å². The highest BCUT2D eigenvalue weighted by molar-refractivity contribution is 6.42. The number of halogens is 5. The number of benzene rings is 1. The molecule has 126 valence electrons. The maximum Gasteiger partial charge on any atom is 0.406 e. The van der Waals surface area contributed by atoms with Crippen LogP contribution in [-0.2, 0) is 16.0 Å². The summed E-state index contributed by atoms with van der Waals surface area (Å²) in [6.45, 7) is -1.14. The Bertz CT molecular complexity index is 651. The summed E-state index contributed by atoms with van der Waals surface area (Å²) in [5.74, 6) is -2.55. The quantitative estimate of drug-likeness (QED) is 0.888. The fourth-order valence-electron chi connectivity index (χ4n) is 2.49. The predicted molar refractivity (Wildman–Crippen MR) is 77.5 cm³/mol. The Hall–Kier alpha value is -1.47. The number of rotatable bonds is 3. The van der Waals surface area contributed by atoms with Crippen LogP contribution in [0.5, 0.6) is 0 Å². The minimum atomic E-state index is -4.92. The van der Waals surface area contributed by atoms with Gasteiger partial charge in [-0.2, -0.15) is 13.2 Å². The van der Waals surface area contributed by atoms with Gasteiger partial charge in [0, 0.05) is 13.1 Å². The maximum atomic E-state index is 13.1. The molecule has 9 heteroatoms. The number of hydrogen-bond donors (Lipinski definition) is 1. The van der Waals surface area contributed by atoms with E-state index in [0.717, 1.165) is 4.90 Å². The third kappa shape index (κ3) is 3.40. The number of amides is 1. The lowest BCUT2D eigenvalue weighted by Crippen LogP contribution is -2.47. The molecular weight excluding hydrogens is 358 g/mol. The van der Waals surface area contributed by atoms with Gasteiger partial charge in [0.25, 0.3) is 0 Å². The largest absolute Gasteiger partial charge is 0.481 e. The van der Waals surface area contributed by atoms with Crippen molar-refractivity contribution in [2.45, 2.75) is 19.0 Å². The molecule has 1 N–H and O–H groups in total. The van der Waals surface area contributed by atoms with E-state index in [9.17, 15) is 22.8 Å². The van der Waals surface area contributed by atoms with Crippen molar-refractivity contribution in [3.05, 3.63) is 33.8 Å². The van der Waals surface area contributed by atoms with Gasteiger partial charge in [-0.15, -0.1) is 0 Å². The SMILES string of the molecule is O=C(Cc1ccc(Cl)c(Cl)c1)N1CCC(C(=O)O)(C(F)(F)F)C1. The molecule has 1 aliphatic rings. The third-order valence-corrected chi connectivity index (χ3v) is 4.65. The van der Waals surface area contributed by atoms with E-state index < -0.39 is 36.4 Å². The number of hydrogen-bond acceptors (Lipinski definition) is 2. The van der Waals surface area contributed by atoms with Gasteiger partial charge < -0.3 is 10.0 Å². The molecule has 1 aromatic carbocycles. The number of alkyl halides is 3. The Kier molecular flexibility index (Phi) is 4.82. The van der Waals surface area contributed by atoms with Gasteiger partial charge in [-0.05, 0) is 24.1 Å². The van der Waals surface area contributed by atoms with Crippen molar-refractivity contribution >= 4 is 35.1 Å². The summed E-state index contributed by atoms with van der Waals surface area (Å²) in [6, 6.07) is 4.47. The Morgan fingerprint density at radius 1 is 1.26 bits per heavy atom. The second-order valence-corrected chi connectivity index (χ2v) is 6.19. The van der Waals surface area contributed by atoms with E-state index in [-0.39, 0.29) is 18.0 Å². The van der Waals surface area contributed by atoms with Gasteiger partial charge in [0.2, 0.25) is 5.91 Å². The van der Waals surface area contributed by atoms with Crippen LogP contribution in [0.3, 0.4) is 0 Å². The van der Waals surface area contributed by atoms with Crippen molar-refractivity contribution in [2.24, 2.45) is 5.41 Å². The van der Waals surface area contributed by atoms with E-state index in [0.29, 0.717) is 10.6 Å². The topological polar surface area (TPSA) is 57.6 Å². The van der Waals surface area contributed by atoms with Gasteiger partial charge in [-0.3, -0.25) is 9.59 Å².